The van der Waals surface area contributed by atoms with Crippen molar-refractivity contribution in [2.24, 2.45) is 0 Å². The zero-order chi connectivity index (χ0) is 18.4. The van der Waals surface area contributed by atoms with Crippen molar-refractivity contribution >= 4 is 11.6 Å². The Bertz CT molecular complexity index is 846. The van der Waals surface area contributed by atoms with E-state index in [-0.39, 0.29) is 0 Å². The molecule has 0 unspecified atom stereocenters. The molecule has 136 valence electrons. The van der Waals surface area contributed by atoms with Gasteiger partial charge in [0.1, 0.15) is 12.4 Å². The Balaban J connectivity index is 1.66. The summed E-state index contributed by atoms with van der Waals surface area (Å²) in [4.78, 5) is 0. The highest BCUT2D eigenvalue weighted by Crippen LogP contribution is 2.37. The Morgan fingerprint density at radius 1 is 1.04 bits per heavy atom. The topological polar surface area (TPSA) is 43.6 Å². The van der Waals surface area contributed by atoms with Crippen LogP contribution in [0, 0.1) is 6.92 Å². The van der Waals surface area contributed by atoms with Crippen LogP contribution in [0.25, 0.3) is 0 Å². The summed E-state index contributed by atoms with van der Waals surface area (Å²) < 4.78 is 16.7. The Kier molecular flexibility index (Phi) is 6.21. The number of methoxy groups -OCH3 is 1. The van der Waals surface area contributed by atoms with Crippen LogP contribution >= 0.6 is 11.6 Å². The second-order valence-corrected chi connectivity index (χ2v) is 6.48. The fourth-order valence-corrected chi connectivity index (χ4v) is 3.00. The molecule has 0 bridgehead atoms. The van der Waals surface area contributed by atoms with Gasteiger partial charge in [0.2, 0.25) is 0 Å². The van der Waals surface area contributed by atoms with Gasteiger partial charge in [0.15, 0.2) is 11.5 Å². The third-order valence-corrected chi connectivity index (χ3v) is 4.24. The Morgan fingerprint density at radius 3 is 2.65 bits per heavy atom. The van der Waals surface area contributed by atoms with E-state index in [0.29, 0.717) is 36.2 Å². The second kappa shape index (κ2) is 8.79. The van der Waals surface area contributed by atoms with E-state index in [0.717, 1.165) is 16.9 Å². The molecule has 0 atom stereocenters. The van der Waals surface area contributed by atoms with E-state index in [9.17, 15) is 0 Å². The van der Waals surface area contributed by atoms with Crippen molar-refractivity contribution in [3.63, 3.8) is 0 Å². The molecule has 0 aliphatic rings. The van der Waals surface area contributed by atoms with Crippen LogP contribution in [-0.2, 0) is 19.7 Å². The minimum Gasteiger partial charge on any atom is -0.493 e. The van der Waals surface area contributed by atoms with Crippen LogP contribution in [-0.4, -0.2) is 7.11 Å². The quantitative estimate of drug-likeness (QED) is 0.597. The molecule has 2 aromatic carbocycles. The lowest BCUT2D eigenvalue weighted by molar-refractivity contribution is 0.284. The maximum absolute atomic E-state index is 6.44. The van der Waals surface area contributed by atoms with Crippen molar-refractivity contribution in [3.8, 4) is 11.5 Å². The molecule has 1 N–H and O–H groups in total. The minimum atomic E-state index is 0.438. The monoisotopic (exact) mass is 371 g/mol. The van der Waals surface area contributed by atoms with Crippen molar-refractivity contribution in [2.75, 3.05) is 7.11 Å². The standard InChI is InChI=1S/C21H22ClNO3/c1-15-5-3-6-16(9-15)14-26-21-19(22)10-17(11-20(21)24-2)12-23-13-18-7-4-8-25-18/h3-11,23H,12-14H2,1-2H3. The van der Waals surface area contributed by atoms with Crippen LogP contribution in [0.4, 0.5) is 0 Å². The van der Waals surface area contributed by atoms with Crippen molar-refractivity contribution in [3.05, 3.63) is 82.3 Å². The zero-order valence-corrected chi connectivity index (χ0v) is 15.7. The van der Waals surface area contributed by atoms with E-state index in [4.69, 9.17) is 25.5 Å². The van der Waals surface area contributed by atoms with Gasteiger partial charge in [-0.3, -0.25) is 0 Å². The molecule has 3 aromatic rings. The summed E-state index contributed by atoms with van der Waals surface area (Å²) in [6, 6.07) is 15.8. The third-order valence-electron chi connectivity index (χ3n) is 3.96. The third kappa shape index (κ3) is 4.81. The predicted molar refractivity (Wildman–Crippen MR) is 103 cm³/mol. The summed E-state index contributed by atoms with van der Waals surface area (Å²) in [6.45, 7) is 3.79. The molecule has 0 radical (unpaired) electrons. The Hall–Kier alpha value is -2.43. The van der Waals surface area contributed by atoms with Crippen LogP contribution in [0.3, 0.4) is 0 Å². The largest absolute Gasteiger partial charge is 0.493 e. The first-order valence-corrected chi connectivity index (χ1v) is 8.81. The van der Waals surface area contributed by atoms with Crippen molar-refractivity contribution in [2.45, 2.75) is 26.6 Å². The fourth-order valence-electron chi connectivity index (χ4n) is 2.72. The first-order chi connectivity index (χ1) is 12.7. The number of nitrogens with one attached hydrogen (secondary N) is 1. The first-order valence-electron chi connectivity index (χ1n) is 8.43. The summed E-state index contributed by atoms with van der Waals surface area (Å²) in [7, 11) is 1.62. The van der Waals surface area contributed by atoms with E-state index < -0.39 is 0 Å². The molecule has 0 amide bonds. The highest BCUT2D eigenvalue weighted by atomic mass is 35.5. The van der Waals surface area contributed by atoms with Crippen LogP contribution in [0.5, 0.6) is 11.5 Å². The fraction of sp³-hybridized carbons (Fsp3) is 0.238. The van der Waals surface area contributed by atoms with Gasteiger partial charge < -0.3 is 19.2 Å². The number of benzene rings is 2. The van der Waals surface area contributed by atoms with Gasteiger partial charge in [-0.15, -0.1) is 0 Å². The molecule has 0 spiro atoms. The predicted octanol–water partition coefficient (Wildman–Crippen LogP) is 5.12. The summed E-state index contributed by atoms with van der Waals surface area (Å²) in [5, 5.41) is 3.85. The molecule has 0 aliphatic heterocycles. The molecular formula is C21H22ClNO3. The highest BCUT2D eigenvalue weighted by Gasteiger charge is 2.12. The van der Waals surface area contributed by atoms with E-state index in [1.807, 2.05) is 36.4 Å². The molecule has 1 aromatic heterocycles. The van der Waals surface area contributed by atoms with Crippen molar-refractivity contribution in [1.82, 2.24) is 5.32 Å². The zero-order valence-electron chi connectivity index (χ0n) is 14.9. The van der Waals surface area contributed by atoms with Gasteiger partial charge in [-0.1, -0.05) is 41.4 Å². The SMILES string of the molecule is COc1cc(CNCc2ccco2)cc(Cl)c1OCc1cccc(C)c1. The molecule has 3 rings (SSSR count). The van der Waals surface area contributed by atoms with Crippen LogP contribution < -0.4 is 14.8 Å². The maximum Gasteiger partial charge on any atom is 0.180 e. The number of ether oxygens (including phenoxy) is 2. The number of halogens is 1. The summed E-state index contributed by atoms with van der Waals surface area (Å²) in [6.07, 6.45) is 1.66. The second-order valence-electron chi connectivity index (χ2n) is 6.07. The summed E-state index contributed by atoms with van der Waals surface area (Å²) >= 11 is 6.44. The van der Waals surface area contributed by atoms with Crippen molar-refractivity contribution in [1.29, 1.82) is 0 Å². The lowest BCUT2D eigenvalue weighted by Gasteiger charge is -2.15. The Labute approximate surface area is 158 Å². The van der Waals surface area contributed by atoms with E-state index in [1.54, 1.807) is 13.4 Å². The van der Waals surface area contributed by atoms with Gasteiger partial charge in [-0.25, -0.2) is 0 Å². The average Bonchev–Trinajstić information content (AvgIpc) is 3.14. The molecule has 1 heterocycles. The minimum absolute atomic E-state index is 0.438. The molecule has 4 nitrogen and oxygen atoms in total. The molecule has 0 fully saturated rings. The van der Waals surface area contributed by atoms with Crippen LogP contribution in [0.15, 0.2) is 59.2 Å². The molecule has 5 heteroatoms. The van der Waals surface area contributed by atoms with Gasteiger partial charge >= 0.3 is 0 Å². The lowest BCUT2D eigenvalue weighted by atomic mass is 10.1. The molecule has 0 saturated heterocycles. The van der Waals surface area contributed by atoms with Gasteiger partial charge in [-0.2, -0.15) is 0 Å². The van der Waals surface area contributed by atoms with E-state index in [1.165, 1.54) is 5.56 Å². The first kappa shape index (κ1) is 18.4. The number of aryl methyl sites for hydroxylation is 1. The molecule has 0 saturated carbocycles. The summed E-state index contributed by atoms with van der Waals surface area (Å²) in [5.74, 6) is 2.08. The number of hydrogen-bond acceptors (Lipinski definition) is 4. The highest BCUT2D eigenvalue weighted by molar-refractivity contribution is 6.32. The number of furan rings is 1. The van der Waals surface area contributed by atoms with Gasteiger partial charge in [0, 0.05) is 6.54 Å². The molecular weight excluding hydrogens is 350 g/mol. The maximum atomic E-state index is 6.44. The van der Waals surface area contributed by atoms with E-state index in [2.05, 4.69) is 24.4 Å². The molecule has 0 aliphatic carbocycles. The van der Waals surface area contributed by atoms with Gasteiger partial charge in [-0.05, 0) is 42.3 Å². The van der Waals surface area contributed by atoms with Gasteiger partial charge in [0.05, 0.1) is 24.9 Å². The normalized spacial score (nSPS) is 10.7. The van der Waals surface area contributed by atoms with Crippen molar-refractivity contribution < 1.29 is 13.9 Å². The van der Waals surface area contributed by atoms with Crippen LogP contribution in [0.1, 0.15) is 22.5 Å². The number of hydrogen-bond donors (Lipinski definition) is 1. The smallest absolute Gasteiger partial charge is 0.180 e. The van der Waals surface area contributed by atoms with Crippen LogP contribution in [0.2, 0.25) is 5.02 Å². The number of rotatable bonds is 8. The van der Waals surface area contributed by atoms with E-state index >= 15 is 0 Å². The van der Waals surface area contributed by atoms with Gasteiger partial charge in [0.25, 0.3) is 0 Å². The average molecular weight is 372 g/mol. The Morgan fingerprint density at radius 2 is 1.92 bits per heavy atom. The lowest BCUT2D eigenvalue weighted by Crippen LogP contribution is -2.12. The summed E-state index contributed by atoms with van der Waals surface area (Å²) in [5.41, 5.74) is 3.30. The molecule has 26 heavy (non-hydrogen) atoms.